The standard InChI is InChI=1S/C13H18O2.C9H18O.C6H12O2.C5H11NO.C5H10O/c1-4-13(10(3)14)9(2)11-5-7-12(15)8-6-11;1-5-7(3)9(6-2)8(4)10;1-3-6(4-7)5(2)8;1-5(7)4-6(2)3;1-3-4-5(2)6/h5-9,13,15H,4H2,1-3H3;7,9H,5-6H2,1-4H3;6-7H,3-4H2,1-2H3;4H2,1-3H3;3-4H2,1-2H3. The number of ketones is 5. The van der Waals surface area contributed by atoms with Crippen molar-refractivity contribution in [2.75, 3.05) is 27.2 Å². The Kier molecular flexibility index (Phi) is 33.7. The fourth-order valence-electron chi connectivity index (χ4n) is 4.72. The van der Waals surface area contributed by atoms with Crippen molar-refractivity contribution in [2.24, 2.45) is 23.7 Å². The van der Waals surface area contributed by atoms with Crippen LogP contribution < -0.4 is 0 Å². The van der Waals surface area contributed by atoms with Gasteiger partial charge in [-0.05, 0) is 104 Å². The smallest absolute Gasteiger partial charge is 0.143 e. The fraction of sp³-hybridized carbons (Fsp3) is 0.711. The van der Waals surface area contributed by atoms with Crippen molar-refractivity contribution >= 4 is 28.9 Å². The van der Waals surface area contributed by atoms with Crippen molar-refractivity contribution in [1.29, 1.82) is 0 Å². The highest BCUT2D eigenvalue weighted by Crippen LogP contribution is 2.28. The fourth-order valence-corrected chi connectivity index (χ4v) is 4.72. The molecule has 0 amide bonds. The van der Waals surface area contributed by atoms with Crippen molar-refractivity contribution < 1.29 is 34.2 Å². The summed E-state index contributed by atoms with van der Waals surface area (Å²) in [5.74, 6) is 2.44. The molecule has 5 atom stereocenters. The molecular weight excluding hydrogens is 582 g/mol. The molecule has 0 aromatic heterocycles. The first kappa shape index (κ1) is 50.2. The lowest BCUT2D eigenvalue weighted by atomic mass is 9.83. The largest absolute Gasteiger partial charge is 0.508 e. The lowest BCUT2D eigenvalue weighted by Gasteiger charge is -2.20. The van der Waals surface area contributed by atoms with Crippen LogP contribution in [0.3, 0.4) is 0 Å². The average Bonchev–Trinajstić information content (AvgIpc) is 2.94. The van der Waals surface area contributed by atoms with E-state index in [1.54, 1.807) is 39.8 Å². The number of Topliss-reactive ketones (excluding diaryl/α,β-unsaturated/α-hetero) is 5. The summed E-state index contributed by atoms with van der Waals surface area (Å²) in [6.07, 6.45) is 5.42. The lowest BCUT2D eigenvalue weighted by Crippen LogP contribution is -2.18. The van der Waals surface area contributed by atoms with Gasteiger partial charge in [0, 0.05) is 24.2 Å². The Morgan fingerprint density at radius 1 is 0.674 bits per heavy atom. The number of hydrogen-bond donors (Lipinski definition) is 2. The number of benzene rings is 1. The van der Waals surface area contributed by atoms with Gasteiger partial charge >= 0.3 is 0 Å². The second-order valence-electron chi connectivity index (χ2n) is 12.3. The summed E-state index contributed by atoms with van der Waals surface area (Å²) in [4.78, 5) is 54.9. The molecule has 0 saturated carbocycles. The molecule has 0 bridgehead atoms. The molecular formula is C38H69NO7. The average molecular weight is 652 g/mol. The first-order chi connectivity index (χ1) is 21.3. The van der Waals surface area contributed by atoms with Gasteiger partial charge in [0.15, 0.2) is 0 Å². The molecule has 0 fully saturated rings. The summed E-state index contributed by atoms with van der Waals surface area (Å²) in [6.45, 7) is 22.9. The molecule has 8 nitrogen and oxygen atoms in total. The monoisotopic (exact) mass is 652 g/mol. The third kappa shape index (κ3) is 28.7. The van der Waals surface area contributed by atoms with Gasteiger partial charge in [-0.25, -0.2) is 0 Å². The van der Waals surface area contributed by atoms with Crippen LogP contribution in [0.2, 0.25) is 0 Å². The number of phenolic OH excluding ortho intramolecular Hbond substituents is 1. The van der Waals surface area contributed by atoms with E-state index in [-0.39, 0.29) is 53.2 Å². The van der Waals surface area contributed by atoms with Crippen LogP contribution in [-0.4, -0.2) is 71.3 Å². The maximum absolute atomic E-state index is 11.4. The van der Waals surface area contributed by atoms with E-state index in [4.69, 9.17) is 5.11 Å². The molecule has 0 saturated heterocycles. The predicted molar refractivity (Wildman–Crippen MR) is 191 cm³/mol. The first-order valence-corrected chi connectivity index (χ1v) is 16.9. The van der Waals surface area contributed by atoms with Crippen molar-refractivity contribution in [1.82, 2.24) is 4.90 Å². The first-order valence-electron chi connectivity index (χ1n) is 16.9. The molecule has 0 aliphatic rings. The number of rotatable bonds is 15. The van der Waals surface area contributed by atoms with E-state index in [0.717, 1.165) is 44.1 Å². The quantitative estimate of drug-likeness (QED) is 0.196. The Morgan fingerprint density at radius 2 is 1.13 bits per heavy atom. The van der Waals surface area contributed by atoms with Gasteiger partial charge in [0.1, 0.15) is 34.7 Å². The minimum atomic E-state index is -0.130. The van der Waals surface area contributed by atoms with E-state index >= 15 is 0 Å². The second kappa shape index (κ2) is 30.9. The molecule has 5 unspecified atom stereocenters. The van der Waals surface area contributed by atoms with Gasteiger partial charge in [-0.3, -0.25) is 19.2 Å². The molecule has 2 N–H and O–H groups in total. The van der Waals surface area contributed by atoms with Crippen LogP contribution in [0.25, 0.3) is 0 Å². The van der Waals surface area contributed by atoms with E-state index in [1.807, 2.05) is 51.9 Å². The number of aromatic hydroxyl groups is 1. The van der Waals surface area contributed by atoms with Gasteiger partial charge in [-0.2, -0.15) is 0 Å². The van der Waals surface area contributed by atoms with Crippen LogP contribution in [0, 0.1) is 23.7 Å². The van der Waals surface area contributed by atoms with Crippen molar-refractivity contribution in [2.45, 2.75) is 128 Å². The normalized spacial score (nSPS) is 13.2. The minimum absolute atomic E-state index is 0.00810. The highest BCUT2D eigenvalue weighted by molar-refractivity contribution is 5.79. The Bertz CT molecular complexity index is 952. The predicted octanol–water partition coefficient (Wildman–Crippen LogP) is 7.87. The summed E-state index contributed by atoms with van der Waals surface area (Å²) >= 11 is 0. The van der Waals surface area contributed by atoms with Crippen molar-refractivity contribution in [3.05, 3.63) is 29.8 Å². The van der Waals surface area contributed by atoms with Gasteiger partial charge in [0.2, 0.25) is 0 Å². The van der Waals surface area contributed by atoms with Gasteiger partial charge in [-0.15, -0.1) is 0 Å². The SMILES string of the molecule is CC(=O)CN(C)C.CCC(C(C)=O)C(C)c1ccc(O)cc1.CCC(C)C(CC)C(C)=O.CCC(CO)C(C)=O.CCCC(C)=O. The summed E-state index contributed by atoms with van der Waals surface area (Å²) in [6, 6.07) is 7.09. The molecule has 1 aromatic carbocycles. The van der Waals surface area contributed by atoms with E-state index in [1.165, 1.54) is 6.92 Å². The number of hydrogen-bond acceptors (Lipinski definition) is 8. The maximum atomic E-state index is 11.4. The zero-order valence-corrected chi connectivity index (χ0v) is 31.7. The summed E-state index contributed by atoms with van der Waals surface area (Å²) in [5, 5.41) is 17.7. The van der Waals surface area contributed by atoms with Gasteiger partial charge in [-0.1, -0.05) is 67.0 Å². The molecule has 46 heavy (non-hydrogen) atoms. The van der Waals surface area contributed by atoms with Gasteiger partial charge in [0.25, 0.3) is 0 Å². The number of likely N-dealkylation sites (N-methyl/N-ethyl adjacent to an activating group) is 1. The Morgan fingerprint density at radius 3 is 1.28 bits per heavy atom. The number of aliphatic hydroxyl groups is 1. The third-order valence-electron chi connectivity index (χ3n) is 7.71. The molecule has 0 radical (unpaired) electrons. The van der Waals surface area contributed by atoms with Crippen molar-refractivity contribution in [3.8, 4) is 5.75 Å². The molecule has 0 heterocycles. The maximum Gasteiger partial charge on any atom is 0.143 e. The highest BCUT2D eigenvalue weighted by Gasteiger charge is 2.21. The summed E-state index contributed by atoms with van der Waals surface area (Å²) < 4.78 is 0. The molecule has 1 rings (SSSR count). The zero-order valence-electron chi connectivity index (χ0n) is 31.7. The van der Waals surface area contributed by atoms with Crippen LogP contribution in [-0.2, 0) is 24.0 Å². The number of carbonyl (C=O) groups excluding carboxylic acids is 5. The topological polar surface area (TPSA) is 129 Å². The van der Waals surface area contributed by atoms with E-state index in [9.17, 15) is 29.1 Å². The lowest BCUT2D eigenvalue weighted by molar-refractivity contribution is -0.123. The molecule has 0 aliphatic heterocycles. The number of phenols is 1. The van der Waals surface area contributed by atoms with Gasteiger partial charge in [0.05, 0.1) is 13.2 Å². The zero-order chi connectivity index (χ0) is 37.0. The van der Waals surface area contributed by atoms with Crippen LogP contribution in [0.5, 0.6) is 5.75 Å². The third-order valence-corrected chi connectivity index (χ3v) is 7.71. The van der Waals surface area contributed by atoms with E-state index in [0.29, 0.717) is 24.2 Å². The molecule has 8 heteroatoms. The van der Waals surface area contributed by atoms with Crippen LogP contribution in [0.15, 0.2) is 24.3 Å². The number of aliphatic hydroxyl groups excluding tert-OH is 1. The van der Waals surface area contributed by atoms with Crippen molar-refractivity contribution in [3.63, 3.8) is 0 Å². The van der Waals surface area contributed by atoms with E-state index < -0.39 is 0 Å². The summed E-state index contributed by atoms with van der Waals surface area (Å²) in [7, 11) is 3.75. The number of carbonyl (C=O) groups is 5. The molecule has 268 valence electrons. The molecule has 1 aromatic rings. The number of nitrogens with zero attached hydrogens (tertiary/aromatic N) is 1. The van der Waals surface area contributed by atoms with Crippen LogP contribution in [0.4, 0.5) is 0 Å². The Balaban J connectivity index is -0.000000251. The molecule has 0 spiro atoms. The Hall–Kier alpha value is -2.71. The van der Waals surface area contributed by atoms with Crippen LogP contribution >= 0.6 is 0 Å². The molecule has 0 aliphatic carbocycles. The van der Waals surface area contributed by atoms with Gasteiger partial charge < -0.3 is 19.9 Å². The Labute approximate surface area is 281 Å². The highest BCUT2D eigenvalue weighted by atomic mass is 16.3. The van der Waals surface area contributed by atoms with Crippen LogP contribution in [0.1, 0.15) is 133 Å². The minimum Gasteiger partial charge on any atom is -0.508 e. The summed E-state index contributed by atoms with van der Waals surface area (Å²) in [5.41, 5.74) is 1.11. The second-order valence-corrected chi connectivity index (χ2v) is 12.3. The van der Waals surface area contributed by atoms with E-state index in [2.05, 4.69) is 27.7 Å².